The van der Waals surface area contributed by atoms with Crippen molar-refractivity contribution in [2.45, 2.75) is 12.8 Å². The van der Waals surface area contributed by atoms with Gasteiger partial charge in [0.05, 0.1) is 0 Å². The molecule has 0 saturated heterocycles. The molecule has 0 heterocycles. The zero-order chi connectivity index (χ0) is 14.1. The fourth-order valence-corrected chi connectivity index (χ4v) is 3.10. The molecule has 1 heteroatoms. The Morgan fingerprint density at radius 1 is 0.667 bits per heavy atom. The van der Waals surface area contributed by atoms with Crippen LogP contribution in [-0.2, 0) is 38.7 Å². The Morgan fingerprint density at radius 3 is 2.00 bits per heavy atom. The first kappa shape index (κ1) is 20.4. The molecule has 0 N–H and O–H groups in total. The normalized spacial score (nSPS) is 9.83. The molecule has 0 spiro atoms. The molecule has 0 saturated carbocycles. The molecule has 4 aromatic carbocycles. The summed E-state index contributed by atoms with van der Waals surface area (Å²) in [5, 5.41) is 5.42. The van der Waals surface area contributed by atoms with Gasteiger partial charge in [-0.1, -0.05) is 72.5 Å². The molecule has 0 bridgehead atoms. The summed E-state index contributed by atoms with van der Waals surface area (Å²) < 4.78 is 0. The van der Waals surface area contributed by atoms with Crippen LogP contribution in [-0.4, -0.2) is 0 Å². The van der Waals surface area contributed by atoms with Crippen molar-refractivity contribution in [3.8, 4) is 0 Å². The minimum atomic E-state index is 0. The topological polar surface area (TPSA) is 0 Å². The molecule has 0 aromatic heterocycles. The maximum Gasteiger partial charge on any atom is 0 e. The van der Waals surface area contributed by atoms with E-state index >= 15 is 0 Å². The number of fused-ring (bicyclic) bond motifs is 2. The van der Waals surface area contributed by atoms with E-state index in [1.54, 1.807) is 0 Å². The Kier molecular flexibility index (Phi) is 7.69. The zero-order valence-electron chi connectivity index (χ0n) is 14.4. The van der Waals surface area contributed by atoms with E-state index in [2.05, 4.69) is 78.9 Å². The Balaban J connectivity index is 0.000000960. The minimum Gasteiger partial charge on any atom is -0.358 e. The fraction of sp³-hybridized carbons (Fsp3) is 0.0870. The zero-order valence-corrected chi connectivity index (χ0v) is 18.0. The number of hydrogen-bond acceptors (Lipinski definition) is 0. The smallest absolute Gasteiger partial charge is 0 e. The Labute approximate surface area is 164 Å². The summed E-state index contributed by atoms with van der Waals surface area (Å²) in [6, 6.07) is 28.5. The molecule has 24 heavy (non-hydrogen) atoms. The predicted octanol–water partition coefficient (Wildman–Crippen LogP) is 6.40. The first-order valence-electron chi connectivity index (χ1n) is 7.51. The van der Waals surface area contributed by atoms with Crippen molar-refractivity contribution in [2.24, 2.45) is 0 Å². The molecule has 0 atom stereocenters. The van der Waals surface area contributed by atoms with E-state index in [1.165, 1.54) is 32.7 Å². The van der Waals surface area contributed by atoms with Gasteiger partial charge in [-0.05, 0) is 17.4 Å². The van der Waals surface area contributed by atoms with Crippen LogP contribution in [0.2, 0.25) is 0 Å². The van der Waals surface area contributed by atoms with Gasteiger partial charge in [0.15, 0.2) is 0 Å². The van der Waals surface area contributed by atoms with Gasteiger partial charge in [-0.25, -0.2) is 0 Å². The first-order chi connectivity index (χ1) is 10.4. The predicted molar refractivity (Wildman–Crippen MR) is 104 cm³/mol. The van der Waals surface area contributed by atoms with E-state index in [0.717, 1.165) is 12.8 Å². The van der Waals surface area contributed by atoms with Crippen molar-refractivity contribution in [1.82, 2.24) is 0 Å². The van der Waals surface area contributed by atoms with Crippen LogP contribution in [0.5, 0.6) is 0 Å². The molecule has 0 unspecified atom stereocenters. The molecule has 0 amide bonds. The van der Waals surface area contributed by atoms with E-state index in [0.29, 0.717) is 0 Å². The van der Waals surface area contributed by atoms with Gasteiger partial charge in [0.25, 0.3) is 0 Å². The third kappa shape index (κ3) is 4.08. The number of hydrogen-bond donors (Lipinski definition) is 0. The van der Waals surface area contributed by atoms with Crippen LogP contribution in [0.3, 0.4) is 0 Å². The Hall–Kier alpha value is -1.60. The molecule has 0 fully saturated rings. The largest absolute Gasteiger partial charge is 0.358 e. The van der Waals surface area contributed by atoms with Crippen molar-refractivity contribution in [1.29, 1.82) is 0 Å². The molecule has 4 aromatic rings. The van der Waals surface area contributed by atoms with Gasteiger partial charge in [-0.2, -0.15) is 6.07 Å². The van der Waals surface area contributed by atoms with Crippen LogP contribution in [0, 0.1) is 14.9 Å². The minimum absolute atomic E-state index is 0. The summed E-state index contributed by atoms with van der Waals surface area (Å²) in [7, 11) is 0. The molecule has 122 valence electrons. The second-order valence-corrected chi connectivity index (χ2v) is 5.63. The van der Waals surface area contributed by atoms with Gasteiger partial charge in [0.1, 0.15) is 0 Å². The molecule has 0 aliphatic carbocycles. The average molecular weight is 478 g/mol. The number of benzene rings is 3. The summed E-state index contributed by atoms with van der Waals surface area (Å²) in [4.78, 5) is 0. The molecular weight excluding hydrogens is 455 g/mol. The molecule has 0 radical (unpaired) electrons. The first-order valence-corrected chi connectivity index (χ1v) is 7.51. The van der Waals surface area contributed by atoms with Crippen molar-refractivity contribution >= 4 is 21.5 Å². The van der Waals surface area contributed by atoms with Gasteiger partial charge in [0.2, 0.25) is 0 Å². The molecular formula is C23H23Hf-3. The molecule has 0 aliphatic rings. The summed E-state index contributed by atoms with van der Waals surface area (Å²) >= 11 is 0. The summed E-state index contributed by atoms with van der Waals surface area (Å²) in [5.41, 5.74) is 2.87. The number of aryl methyl sites for hydroxylation is 2. The van der Waals surface area contributed by atoms with Crippen LogP contribution >= 0.6 is 0 Å². The average Bonchev–Trinajstić information content (AvgIpc) is 2.94. The summed E-state index contributed by atoms with van der Waals surface area (Å²) in [5.74, 6) is 0. The van der Waals surface area contributed by atoms with E-state index in [1.807, 2.05) is 0 Å². The second kappa shape index (κ2) is 9.03. The van der Waals surface area contributed by atoms with Crippen LogP contribution in [0.1, 0.15) is 11.1 Å². The maximum atomic E-state index is 2.34. The van der Waals surface area contributed by atoms with Crippen molar-refractivity contribution in [3.05, 3.63) is 105 Å². The third-order valence-electron chi connectivity index (χ3n) is 4.25. The van der Waals surface area contributed by atoms with Gasteiger partial charge < -0.3 is 14.9 Å². The standard InChI is InChI=1S/C21H17.2CH3.Hf/c1-2-6-16(7-3-1)10-11-17-12-13-20-14-18-8-4-5-9-19(18)15-21(17)20;;;/h1-9,12-15H,10-11H2;2*1H3;/q3*-1;. The van der Waals surface area contributed by atoms with Crippen LogP contribution < -0.4 is 0 Å². The Morgan fingerprint density at radius 2 is 1.29 bits per heavy atom. The second-order valence-electron chi connectivity index (χ2n) is 5.63. The van der Waals surface area contributed by atoms with Gasteiger partial charge >= 0.3 is 0 Å². The quantitative estimate of drug-likeness (QED) is 0.237. The SMILES string of the molecule is [CH3-].[CH3-].[Hf].c1ccc(CC[c-]2ccc3cc4ccccc4cc32)cc1. The fourth-order valence-electron chi connectivity index (χ4n) is 3.10. The summed E-state index contributed by atoms with van der Waals surface area (Å²) in [6.07, 6.45) is 2.21. The van der Waals surface area contributed by atoms with Gasteiger partial charge in [-0.15, -0.1) is 28.5 Å². The molecule has 0 aliphatic heterocycles. The van der Waals surface area contributed by atoms with Gasteiger partial charge in [0, 0.05) is 25.8 Å². The maximum absolute atomic E-state index is 2.34. The van der Waals surface area contributed by atoms with E-state index in [-0.39, 0.29) is 40.7 Å². The monoisotopic (exact) mass is 479 g/mol. The van der Waals surface area contributed by atoms with Gasteiger partial charge in [-0.3, -0.25) is 0 Å². The van der Waals surface area contributed by atoms with Crippen molar-refractivity contribution in [2.75, 3.05) is 0 Å². The molecule has 4 rings (SSSR count). The van der Waals surface area contributed by atoms with Crippen molar-refractivity contribution in [3.63, 3.8) is 0 Å². The van der Waals surface area contributed by atoms with E-state index in [9.17, 15) is 0 Å². The van der Waals surface area contributed by atoms with E-state index in [4.69, 9.17) is 0 Å². The molecule has 0 nitrogen and oxygen atoms in total. The third-order valence-corrected chi connectivity index (χ3v) is 4.25. The van der Waals surface area contributed by atoms with Crippen molar-refractivity contribution < 1.29 is 25.8 Å². The Bertz CT molecular complexity index is 888. The van der Waals surface area contributed by atoms with Crippen LogP contribution in [0.25, 0.3) is 21.5 Å². The number of rotatable bonds is 3. The van der Waals surface area contributed by atoms with Crippen LogP contribution in [0.15, 0.2) is 78.9 Å². The van der Waals surface area contributed by atoms with Crippen LogP contribution in [0.4, 0.5) is 0 Å². The summed E-state index contributed by atoms with van der Waals surface area (Å²) in [6.45, 7) is 0. The van der Waals surface area contributed by atoms with E-state index < -0.39 is 0 Å².